The molecule has 0 radical (unpaired) electrons. The van der Waals surface area contributed by atoms with Crippen molar-refractivity contribution in [3.63, 3.8) is 0 Å². The molecule has 0 aromatic carbocycles. The van der Waals surface area contributed by atoms with Crippen LogP contribution in [0.4, 0.5) is 0 Å². The lowest BCUT2D eigenvalue weighted by atomic mass is 10.1. The Morgan fingerprint density at radius 1 is 1.33 bits per heavy atom. The summed E-state index contributed by atoms with van der Waals surface area (Å²) < 4.78 is 5.55. The van der Waals surface area contributed by atoms with Crippen LogP contribution in [0.2, 0.25) is 0 Å². The highest BCUT2D eigenvalue weighted by Crippen LogP contribution is 2.13. The standard InChI is InChI=1S/C12H20N2O/c1-9(2)6-7-15-11-4-5-12(10(3)13)14-8-11/h4-5,8-10H,6-7,13H2,1-3H3. The quantitative estimate of drug-likeness (QED) is 0.808. The van der Waals surface area contributed by atoms with E-state index in [0.29, 0.717) is 5.92 Å². The number of aromatic nitrogens is 1. The molecule has 0 saturated carbocycles. The molecule has 1 atom stereocenters. The highest BCUT2D eigenvalue weighted by Gasteiger charge is 2.01. The molecule has 1 aromatic heterocycles. The van der Waals surface area contributed by atoms with E-state index in [9.17, 15) is 0 Å². The van der Waals surface area contributed by atoms with E-state index in [1.807, 2.05) is 19.1 Å². The second-order valence-corrected chi connectivity index (χ2v) is 4.24. The van der Waals surface area contributed by atoms with Crippen molar-refractivity contribution in [2.75, 3.05) is 6.61 Å². The Morgan fingerprint density at radius 2 is 2.07 bits per heavy atom. The Kier molecular flexibility index (Phi) is 4.56. The number of ether oxygens (including phenoxy) is 1. The van der Waals surface area contributed by atoms with Crippen molar-refractivity contribution in [3.8, 4) is 5.75 Å². The van der Waals surface area contributed by atoms with Gasteiger partial charge in [0.05, 0.1) is 18.5 Å². The molecule has 1 heterocycles. The third kappa shape index (κ3) is 4.30. The van der Waals surface area contributed by atoms with E-state index in [0.717, 1.165) is 24.5 Å². The first-order valence-corrected chi connectivity index (χ1v) is 5.44. The van der Waals surface area contributed by atoms with Crippen LogP contribution in [0.15, 0.2) is 18.3 Å². The number of hydrogen-bond acceptors (Lipinski definition) is 3. The molecule has 0 fully saturated rings. The van der Waals surface area contributed by atoms with E-state index < -0.39 is 0 Å². The number of rotatable bonds is 5. The SMILES string of the molecule is CC(C)CCOc1ccc(C(C)N)nc1. The first kappa shape index (κ1) is 12.0. The summed E-state index contributed by atoms with van der Waals surface area (Å²) in [6.07, 6.45) is 2.80. The molecule has 1 unspecified atom stereocenters. The van der Waals surface area contributed by atoms with Gasteiger partial charge in [-0.3, -0.25) is 4.98 Å². The predicted octanol–water partition coefficient (Wildman–Crippen LogP) is 2.53. The van der Waals surface area contributed by atoms with Gasteiger partial charge in [-0.15, -0.1) is 0 Å². The molecular weight excluding hydrogens is 188 g/mol. The molecule has 3 heteroatoms. The number of hydrogen-bond donors (Lipinski definition) is 1. The Hall–Kier alpha value is -1.09. The lowest BCUT2D eigenvalue weighted by Gasteiger charge is -2.09. The number of nitrogens with zero attached hydrogens (tertiary/aromatic N) is 1. The van der Waals surface area contributed by atoms with E-state index >= 15 is 0 Å². The van der Waals surface area contributed by atoms with Crippen molar-refractivity contribution < 1.29 is 4.74 Å². The third-order valence-electron chi connectivity index (χ3n) is 2.19. The van der Waals surface area contributed by atoms with Crippen molar-refractivity contribution in [1.29, 1.82) is 0 Å². The zero-order valence-electron chi connectivity index (χ0n) is 9.73. The van der Waals surface area contributed by atoms with Crippen LogP contribution in [0.5, 0.6) is 5.75 Å². The van der Waals surface area contributed by atoms with Crippen molar-refractivity contribution in [3.05, 3.63) is 24.0 Å². The zero-order chi connectivity index (χ0) is 11.3. The molecule has 2 N–H and O–H groups in total. The summed E-state index contributed by atoms with van der Waals surface area (Å²) in [6, 6.07) is 3.82. The molecule has 0 amide bonds. The molecule has 0 bridgehead atoms. The molecule has 1 aromatic rings. The van der Waals surface area contributed by atoms with Crippen molar-refractivity contribution >= 4 is 0 Å². The van der Waals surface area contributed by atoms with Gasteiger partial charge in [0.2, 0.25) is 0 Å². The average molecular weight is 208 g/mol. The molecule has 0 spiro atoms. The Morgan fingerprint density at radius 3 is 2.53 bits per heavy atom. The van der Waals surface area contributed by atoms with Crippen LogP contribution in [-0.2, 0) is 0 Å². The fourth-order valence-electron chi connectivity index (χ4n) is 1.16. The molecule has 0 aliphatic rings. The smallest absolute Gasteiger partial charge is 0.137 e. The normalized spacial score (nSPS) is 12.9. The highest BCUT2D eigenvalue weighted by atomic mass is 16.5. The Balaban J connectivity index is 2.43. The van der Waals surface area contributed by atoms with Crippen molar-refractivity contribution in [2.45, 2.75) is 33.2 Å². The Bertz CT molecular complexity index is 280. The summed E-state index contributed by atoms with van der Waals surface area (Å²) in [5, 5.41) is 0. The average Bonchev–Trinajstić information content (AvgIpc) is 2.18. The van der Waals surface area contributed by atoms with Crippen LogP contribution < -0.4 is 10.5 Å². The molecule has 0 saturated heterocycles. The Labute approximate surface area is 91.7 Å². The van der Waals surface area contributed by atoms with E-state index in [1.54, 1.807) is 6.20 Å². The number of pyridine rings is 1. The van der Waals surface area contributed by atoms with Crippen LogP contribution in [0, 0.1) is 5.92 Å². The second-order valence-electron chi connectivity index (χ2n) is 4.24. The lowest BCUT2D eigenvalue weighted by Crippen LogP contribution is -2.07. The summed E-state index contributed by atoms with van der Waals surface area (Å²) in [5.41, 5.74) is 6.59. The van der Waals surface area contributed by atoms with Crippen LogP contribution in [0.3, 0.4) is 0 Å². The van der Waals surface area contributed by atoms with Gasteiger partial charge in [-0.05, 0) is 31.4 Å². The van der Waals surface area contributed by atoms with Gasteiger partial charge in [0.15, 0.2) is 0 Å². The van der Waals surface area contributed by atoms with Crippen LogP contribution in [0.1, 0.15) is 38.9 Å². The lowest BCUT2D eigenvalue weighted by molar-refractivity contribution is 0.288. The summed E-state index contributed by atoms with van der Waals surface area (Å²) in [4.78, 5) is 4.23. The van der Waals surface area contributed by atoms with E-state index in [1.165, 1.54) is 0 Å². The zero-order valence-corrected chi connectivity index (χ0v) is 9.73. The van der Waals surface area contributed by atoms with E-state index in [-0.39, 0.29) is 6.04 Å². The van der Waals surface area contributed by atoms with Gasteiger partial charge in [-0.2, -0.15) is 0 Å². The first-order valence-electron chi connectivity index (χ1n) is 5.44. The molecule has 0 aliphatic carbocycles. The van der Waals surface area contributed by atoms with Crippen molar-refractivity contribution in [2.24, 2.45) is 11.7 Å². The monoisotopic (exact) mass is 208 g/mol. The summed E-state index contributed by atoms with van der Waals surface area (Å²) in [7, 11) is 0. The van der Waals surface area contributed by atoms with Gasteiger partial charge < -0.3 is 10.5 Å². The van der Waals surface area contributed by atoms with Gasteiger partial charge in [-0.1, -0.05) is 13.8 Å². The van der Waals surface area contributed by atoms with Gasteiger partial charge in [0.25, 0.3) is 0 Å². The van der Waals surface area contributed by atoms with E-state index in [2.05, 4.69) is 18.8 Å². The predicted molar refractivity (Wildman–Crippen MR) is 61.8 cm³/mol. The van der Waals surface area contributed by atoms with Crippen LogP contribution in [-0.4, -0.2) is 11.6 Å². The van der Waals surface area contributed by atoms with Crippen molar-refractivity contribution in [1.82, 2.24) is 4.98 Å². The number of nitrogens with two attached hydrogens (primary N) is 1. The maximum atomic E-state index is 5.70. The first-order chi connectivity index (χ1) is 7.09. The minimum absolute atomic E-state index is 0.0188. The minimum atomic E-state index is -0.0188. The van der Waals surface area contributed by atoms with Crippen LogP contribution in [0.25, 0.3) is 0 Å². The fourth-order valence-corrected chi connectivity index (χ4v) is 1.16. The summed E-state index contributed by atoms with van der Waals surface area (Å²) in [5.74, 6) is 1.49. The van der Waals surface area contributed by atoms with Crippen LogP contribution >= 0.6 is 0 Å². The molecule has 1 rings (SSSR count). The largest absolute Gasteiger partial charge is 0.492 e. The molecule has 15 heavy (non-hydrogen) atoms. The molecule has 0 aliphatic heterocycles. The summed E-state index contributed by atoms with van der Waals surface area (Å²) in [6.45, 7) is 7.03. The summed E-state index contributed by atoms with van der Waals surface area (Å²) >= 11 is 0. The van der Waals surface area contributed by atoms with Gasteiger partial charge in [-0.25, -0.2) is 0 Å². The topological polar surface area (TPSA) is 48.1 Å². The molecular formula is C12H20N2O. The molecule has 84 valence electrons. The highest BCUT2D eigenvalue weighted by molar-refractivity contribution is 5.21. The van der Waals surface area contributed by atoms with Gasteiger partial charge in [0.1, 0.15) is 5.75 Å². The minimum Gasteiger partial charge on any atom is -0.492 e. The maximum Gasteiger partial charge on any atom is 0.137 e. The third-order valence-corrected chi connectivity index (χ3v) is 2.19. The maximum absolute atomic E-state index is 5.70. The van der Waals surface area contributed by atoms with Gasteiger partial charge in [0, 0.05) is 6.04 Å². The van der Waals surface area contributed by atoms with E-state index in [4.69, 9.17) is 10.5 Å². The fraction of sp³-hybridized carbons (Fsp3) is 0.583. The van der Waals surface area contributed by atoms with Gasteiger partial charge >= 0.3 is 0 Å². The molecule has 3 nitrogen and oxygen atoms in total. The second kappa shape index (κ2) is 5.71.